The van der Waals surface area contributed by atoms with Crippen LogP contribution in [0.5, 0.6) is 5.75 Å². The minimum atomic E-state index is 0.0268. The van der Waals surface area contributed by atoms with Crippen LogP contribution in [0.2, 0.25) is 0 Å². The minimum Gasteiger partial charge on any atom is -0.494 e. The van der Waals surface area contributed by atoms with Crippen molar-refractivity contribution < 1.29 is 9.53 Å². The van der Waals surface area contributed by atoms with Crippen molar-refractivity contribution in [2.24, 2.45) is 11.8 Å². The Morgan fingerprint density at radius 1 is 1.19 bits per heavy atom. The maximum atomic E-state index is 12.9. The van der Waals surface area contributed by atoms with E-state index in [0.29, 0.717) is 18.4 Å². The van der Waals surface area contributed by atoms with E-state index in [9.17, 15) is 4.79 Å². The molecule has 0 radical (unpaired) electrons. The second-order valence-corrected chi connectivity index (χ2v) is 9.88. The number of benzene rings is 2. The monoisotopic (exact) mass is 447 g/mol. The summed E-state index contributed by atoms with van der Waals surface area (Å²) in [6.45, 7) is 7.19. The summed E-state index contributed by atoms with van der Waals surface area (Å²) in [5.74, 6) is 2.07. The summed E-state index contributed by atoms with van der Waals surface area (Å²) in [5, 5.41) is 3.28. The average Bonchev–Trinajstić information content (AvgIpc) is 3.35. The van der Waals surface area contributed by atoms with Crippen LogP contribution in [0.3, 0.4) is 0 Å². The highest BCUT2D eigenvalue weighted by Gasteiger charge is 2.28. The van der Waals surface area contributed by atoms with Crippen LogP contribution in [0.1, 0.15) is 50.4 Å². The van der Waals surface area contributed by atoms with Crippen LogP contribution in [0.4, 0.5) is 0 Å². The van der Waals surface area contributed by atoms with Crippen molar-refractivity contribution in [2.75, 3.05) is 6.61 Å². The molecule has 1 fully saturated rings. The van der Waals surface area contributed by atoms with Gasteiger partial charge < -0.3 is 10.1 Å². The van der Waals surface area contributed by atoms with Gasteiger partial charge in [-0.1, -0.05) is 38.0 Å². The van der Waals surface area contributed by atoms with E-state index in [1.54, 1.807) is 11.3 Å². The van der Waals surface area contributed by atoms with Crippen molar-refractivity contribution in [1.29, 1.82) is 0 Å². The topological polar surface area (TPSA) is 55.6 Å². The molecule has 2 aromatic carbocycles. The normalized spacial score (nSPS) is 21.2. The zero-order valence-electron chi connectivity index (χ0n) is 18.8. The largest absolute Gasteiger partial charge is 0.494 e. The number of nitrogens with zero attached hydrogens (tertiary/aromatic N) is 2. The van der Waals surface area contributed by atoms with Gasteiger partial charge in [0.1, 0.15) is 5.75 Å². The van der Waals surface area contributed by atoms with E-state index >= 15 is 0 Å². The third kappa shape index (κ3) is 3.88. The van der Waals surface area contributed by atoms with Crippen molar-refractivity contribution in [2.45, 2.75) is 46.1 Å². The van der Waals surface area contributed by atoms with E-state index < -0.39 is 0 Å². The summed E-state index contributed by atoms with van der Waals surface area (Å²) >= 11 is 1.61. The van der Waals surface area contributed by atoms with Gasteiger partial charge in [-0.2, -0.15) is 0 Å². The van der Waals surface area contributed by atoms with E-state index in [1.807, 2.05) is 49.4 Å². The first kappa shape index (κ1) is 21.0. The lowest BCUT2D eigenvalue weighted by Gasteiger charge is -2.34. The van der Waals surface area contributed by atoms with E-state index in [1.165, 1.54) is 12.8 Å². The molecule has 0 saturated heterocycles. The molecule has 1 amide bonds. The van der Waals surface area contributed by atoms with Gasteiger partial charge in [0.15, 0.2) is 4.96 Å². The van der Waals surface area contributed by atoms with Gasteiger partial charge in [-0.05, 0) is 67.6 Å². The zero-order valence-corrected chi connectivity index (χ0v) is 19.6. The Labute approximate surface area is 192 Å². The molecule has 166 valence electrons. The predicted molar refractivity (Wildman–Crippen MR) is 131 cm³/mol. The van der Waals surface area contributed by atoms with Gasteiger partial charge >= 0.3 is 0 Å². The van der Waals surface area contributed by atoms with Crippen molar-refractivity contribution in [3.8, 4) is 17.0 Å². The first-order chi connectivity index (χ1) is 15.5. The molecule has 1 aliphatic carbocycles. The molecule has 3 atom stereocenters. The van der Waals surface area contributed by atoms with Gasteiger partial charge in [-0.15, -0.1) is 0 Å². The van der Waals surface area contributed by atoms with Crippen LogP contribution < -0.4 is 10.1 Å². The summed E-state index contributed by atoms with van der Waals surface area (Å²) in [6, 6.07) is 14.2. The van der Waals surface area contributed by atoms with Gasteiger partial charge in [-0.25, -0.2) is 4.98 Å². The molecule has 2 heterocycles. The Kier molecular flexibility index (Phi) is 5.64. The average molecular weight is 448 g/mol. The number of amides is 1. The number of carbonyl (C=O) groups excluding carboxylic acids is 1. The highest BCUT2D eigenvalue weighted by atomic mass is 32.1. The molecule has 0 aliphatic heterocycles. The molecule has 0 unspecified atom stereocenters. The van der Waals surface area contributed by atoms with E-state index in [4.69, 9.17) is 9.72 Å². The number of fused-ring (bicyclic) bond motifs is 3. The third-order valence-electron chi connectivity index (χ3n) is 6.84. The molecule has 0 spiro atoms. The number of rotatable bonds is 5. The van der Waals surface area contributed by atoms with Crippen LogP contribution in [-0.2, 0) is 0 Å². The smallest absolute Gasteiger partial charge is 0.251 e. The Balaban J connectivity index is 1.38. The van der Waals surface area contributed by atoms with E-state index in [-0.39, 0.29) is 11.9 Å². The van der Waals surface area contributed by atoms with E-state index in [2.05, 4.69) is 29.8 Å². The van der Waals surface area contributed by atoms with Gasteiger partial charge in [0.25, 0.3) is 5.91 Å². The predicted octanol–water partition coefficient (Wildman–Crippen LogP) is 6.17. The molecule has 6 heteroatoms. The highest BCUT2D eigenvalue weighted by Crippen LogP contribution is 2.32. The number of hydrogen-bond acceptors (Lipinski definition) is 4. The van der Waals surface area contributed by atoms with Crippen molar-refractivity contribution in [3.05, 3.63) is 54.2 Å². The number of thiazole rings is 1. The summed E-state index contributed by atoms with van der Waals surface area (Å²) in [7, 11) is 0. The second kappa shape index (κ2) is 8.58. The molecule has 1 saturated carbocycles. The van der Waals surface area contributed by atoms with E-state index in [0.717, 1.165) is 44.2 Å². The maximum absolute atomic E-state index is 12.9. The molecule has 4 aromatic rings. The van der Waals surface area contributed by atoms with Crippen LogP contribution in [0.25, 0.3) is 26.4 Å². The zero-order chi connectivity index (χ0) is 22.2. The standard InChI is InChI=1S/C26H29N3O2S/c1-4-31-20-11-8-18(9-12-20)22-15-29-23-13-10-19(14-24(23)32-26(29)28-22)25(30)27-21-7-5-6-16(2)17(21)3/h8-17,21H,4-7H2,1-3H3,(H,27,30)/t16-,17-,21+/m0/s1. The summed E-state index contributed by atoms with van der Waals surface area (Å²) in [6.07, 6.45) is 5.58. The number of hydrogen-bond donors (Lipinski definition) is 1. The van der Waals surface area contributed by atoms with Gasteiger partial charge in [-0.3, -0.25) is 9.20 Å². The lowest BCUT2D eigenvalue weighted by atomic mass is 9.78. The Morgan fingerprint density at radius 2 is 2.00 bits per heavy atom. The number of imidazole rings is 1. The molecular weight excluding hydrogens is 418 g/mol. The molecule has 1 N–H and O–H groups in total. The molecular formula is C26H29N3O2S. The van der Waals surface area contributed by atoms with Gasteiger partial charge in [0, 0.05) is 23.4 Å². The summed E-state index contributed by atoms with van der Waals surface area (Å²) in [5.41, 5.74) is 3.79. The fourth-order valence-corrected chi connectivity index (χ4v) is 5.75. The number of carbonyl (C=O) groups is 1. The fourth-order valence-electron chi connectivity index (χ4n) is 4.71. The maximum Gasteiger partial charge on any atom is 0.251 e. The molecule has 1 aliphatic rings. The van der Waals surface area contributed by atoms with Gasteiger partial charge in [0.05, 0.1) is 22.5 Å². The minimum absolute atomic E-state index is 0.0268. The SMILES string of the molecule is CCOc1ccc(-c2cn3c(n2)sc2cc(C(=O)N[C@@H]4CCC[C@H](C)[C@@H]4C)ccc23)cc1. The van der Waals surface area contributed by atoms with Crippen molar-refractivity contribution in [3.63, 3.8) is 0 Å². The Bertz CT molecular complexity index is 1260. The third-order valence-corrected chi connectivity index (χ3v) is 7.86. The lowest BCUT2D eigenvalue weighted by Crippen LogP contribution is -2.43. The first-order valence-corrected chi connectivity index (χ1v) is 12.3. The van der Waals surface area contributed by atoms with Gasteiger partial charge in [0.2, 0.25) is 0 Å². The van der Waals surface area contributed by atoms with Crippen LogP contribution in [0, 0.1) is 11.8 Å². The molecule has 5 rings (SSSR count). The first-order valence-electron chi connectivity index (χ1n) is 11.5. The lowest BCUT2D eigenvalue weighted by molar-refractivity contribution is 0.0891. The van der Waals surface area contributed by atoms with Crippen molar-refractivity contribution >= 4 is 32.4 Å². The Hall–Kier alpha value is -2.86. The number of ether oxygens (including phenoxy) is 1. The Morgan fingerprint density at radius 3 is 2.78 bits per heavy atom. The fraction of sp³-hybridized carbons (Fsp3) is 0.385. The van der Waals surface area contributed by atoms with Crippen molar-refractivity contribution in [1.82, 2.24) is 14.7 Å². The highest BCUT2D eigenvalue weighted by molar-refractivity contribution is 7.23. The number of nitrogens with one attached hydrogen (secondary N) is 1. The van der Waals surface area contributed by atoms with Crippen LogP contribution in [0.15, 0.2) is 48.7 Å². The number of aromatic nitrogens is 2. The second-order valence-electron chi connectivity index (χ2n) is 8.87. The van der Waals surface area contributed by atoms with Crippen LogP contribution in [-0.4, -0.2) is 27.9 Å². The quantitative estimate of drug-likeness (QED) is 0.398. The molecule has 2 aromatic heterocycles. The molecule has 32 heavy (non-hydrogen) atoms. The summed E-state index contributed by atoms with van der Waals surface area (Å²) in [4.78, 5) is 18.7. The summed E-state index contributed by atoms with van der Waals surface area (Å²) < 4.78 is 8.71. The molecule has 5 nitrogen and oxygen atoms in total. The van der Waals surface area contributed by atoms with Crippen LogP contribution >= 0.6 is 11.3 Å². The molecule has 0 bridgehead atoms.